The third kappa shape index (κ3) is 5.41. The van der Waals surface area contributed by atoms with Gasteiger partial charge in [-0.25, -0.2) is 4.39 Å². The lowest BCUT2D eigenvalue weighted by Crippen LogP contribution is -2.25. The average Bonchev–Trinajstić information content (AvgIpc) is 2.45. The van der Waals surface area contributed by atoms with Gasteiger partial charge in [0, 0.05) is 12.1 Å². The van der Waals surface area contributed by atoms with Crippen molar-refractivity contribution >= 4 is 5.91 Å². The van der Waals surface area contributed by atoms with E-state index in [9.17, 15) is 9.18 Å². The molecule has 1 aromatic rings. The monoisotopic (exact) mass is 277 g/mol. The second-order valence-corrected chi connectivity index (χ2v) is 4.47. The van der Waals surface area contributed by atoms with E-state index in [4.69, 9.17) is 5.11 Å². The SMILES string of the molecule is CCCCCCNC(=O)c1cc(F)ccc1C#CCO. The van der Waals surface area contributed by atoms with E-state index in [2.05, 4.69) is 24.1 Å². The lowest BCUT2D eigenvalue weighted by atomic mass is 10.1. The molecule has 0 radical (unpaired) electrons. The summed E-state index contributed by atoms with van der Waals surface area (Å²) in [5.74, 6) is 4.31. The third-order valence-corrected chi connectivity index (χ3v) is 2.84. The van der Waals surface area contributed by atoms with Gasteiger partial charge in [-0.05, 0) is 24.6 Å². The van der Waals surface area contributed by atoms with E-state index in [-0.39, 0.29) is 18.1 Å². The number of halogens is 1. The van der Waals surface area contributed by atoms with Crippen LogP contribution < -0.4 is 5.32 Å². The molecule has 0 atom stereocenters. The summed E-state index contributed by atoms with van der Waals surface area (Å²) in [5.41, 5.74) is 0.632. The summed E-state index contributed by atoms with van der Waals surface area (Å²) >= 11 is 0. The number of amides is 1. The predicted molar refractivity (Wildman–Crippen MR) is 76.8 cm³/mol. The first kappa shape index (κ1) is 16.2. The van der Waals surface area contributed by atoms with Crippen LogP contribution in [0.2, 0.25) is 0 Å². The third-order valence-electron chi connectivity index (χ3n) is 2.84. The highest BCUT2D eigenvalue weighted by molar-refractivity contribution is 5.96. The van der Waals surface area contributed by atoms with Crippen LogP contribution in [0.15, 0.2) is 18.2 Å². The van der Waals surface area contributed by atoms with Gasteiger partial charge in [0.2, 0.25) is 0 Å². The van der Waals surface area contributed by atoms with Crippen LogP contribution in [-0.2, 0) is 0 Å². The highest BCUT2D eigenvalue weighted by atomic mass is 19.1. The Morgan fingerprint density at radius 2 is 2.15 bits per heavy atom. The highest BCUT2D eigenvalue weighted by Crippen LogP contribution is 2.10. The second kappa shape index (κ2) is 9.11. The molecule has 0 saturated heterocycles. The molecule has 0 bridgehead atoms. The zero-order valence-electron chi connectivity index (χ0n) is 11.7. The van der Waals surface area contributed by atoms with Crippen molar-refractivity contribution in [2.24, 2.45) is 0 Å². The number of unbranched alkanes of at least 4 members (excludes halogenated alkanes) is 3. The lowest BCUT2D eigenvalue weighted by molar-refractivity contribution is 0.0952. The highest BCUT2D eigenvalue weighted by Gasteiger charge is 2.10. The Labute approximate surface area is 119 Å². The van der Waals surface area contributed by atoms with Gasteiger partial charge in [0.15, 0.2) is 0 Å². The average molecular weight is 277 g/mol. The van der Waals surface area contributed by atoms with Crippen molar-refractivity contribution in [2.45, 2.75) is 32.6 Å². The van der Waals surface area contributed by atoms with Gasteiger partial charge in [-0.15, -0.1) is 0 Å². The maximum atomic E-state index is 13.2. The maximum absolute atomic E-state index is 13.2. The first-order valence-electron chi connectivity index (χ1n) is 6.86. The molecule has 0 spiro atoms. The van der Waals surface area contributed by atoms with E-state index in [0.717, 1.165) is 25.7 Å². The van der Waals surface area contributed by atoms with Crippen LogP contribution in [0.25, 0.3) is 0 Å². The molecule has 0 saturated carbocycles. The second-order valence-electron chi connectivity index (χ2n) is 4.47. The molecule has 4 heteroatoms. The normalized spacial score (nSPS) is 9.75. The quantitative estimate of drug-likeness (QED) is 0.620. The number of carbonyl (C=O) groups is 1. The van der Waals surface area contributed by atoms with E-state index in [0.29, 0.717) is 12.1 Å². The number of benzene rings is 1. The van der Waals surface area contributed by atoms with Crippen molar-refractivity contribution in [1.82, 2.24) is 5.32 Å². The molecule has 108 valence electrons. The summed E-state index contributed by atoms with van der Waals surface area (Å²) in [6, 6.07) is 3.87. The molecule has 0 unspecified atom stereocenters. The molecule has 20 heavy (non-hydrogen) atoms. The van der Waals surface area contributed by atoms with Gasteiger partial charge >= 0.3 is 0 Å². The minimum absolute atomic E-state index is 0.210. The number of aliphatic hydroxyl groups is 1. The first-order chi connectivity index (χ1) is 9.69. The minimum atomic E-state index is -0.476. The summed E-state index contributed by atoms with van der Waals surface area (Å²) < 4.78 is 13.2. The van der Waals surface area contributed by atoms with Crippen LogP contribution in [0.3, 0.4) is 0 Å². The Kier molecular flexibility index (Phi) is 7.38. The van der Waals surface area contributed by atoms with Crippen LogP contribution in [0.4, 0.5) is 4.39 Å². The van der Waals surface area contributed by atoms with Crippen molar-refractivity contribution in [1.29, 1.82) is 0 Å². The summed E-state index contributed by atoms with van der Waals surface area (Å²) in [5, 5.41) is 11.5. The topological polar surface area (TPSA) is 49.3 Å². The van der Waals surface area contributed by atoms with Crippen molar-refractivity contribution < 1.29 is 14.3 Å². The Morgan fingerprint density at radius 1 is 1.35 bits per heavy atom. The van der Waals surface area contributed by atoms with E-state index in [1.165, 1.54) is 18.2 Å². The Balaban J connectivity index is 2.68. The molecule has 0 aromatic heterocycles. The van der Waals surface area contributed by atoms with Crippen molar-refractivity contribution in [3.05, 3.63) is 35.1 Å². The standard InChI is InChI=1S/C16H20FNO2/c1-2-3-4-5-10-18-16(20)15-12-14(17)9-8-13(15)7-6-11-19/h8-9,12,19H,2-5,10-11H2,1H3,(H,18,20). The molecular weight excluding hydrogens is 257 g/mol. The lowest BCUT2D eigenvalue weighted by Gasteiger charge is -2.07. The fourth-order valence-electron chi connectivity index (χ4n) is 1.80. The number of carbonyl (C=O) groups excluding carboxylic acids is 1. The molecule has 0 heterocycles. The first-order valence-corrected chi connectivity index (χ1v) is 6.86. The van der Waals surface area contributed by atoms with Gasteiger partial charge in [-0.3, -0.25) is 4.79 Å². The van der Waals surface area contributed by atoms with E-state index < -0.39 is 5.82 Å². The maximum Gasteiger partial charge on any atom is 0.252 e. The molecule has 1 rings (SSSR count). The predicted octanol–water partition coefficient (Wildman–Crippen LogP) is 2.48. The van der Waals surface area contributed by atoms with Crippen molar-refractivity contribution in [2.75, 3.05) is 13.2 Å². The molecule has 0 aliphatic heterocycles. The van der Waals surface area contributed by atoms with Crippen LogP contribution in [0.5, 0.6) is 0 Å². The number of aliphatic hydroxyl groups excluding tert-OH is 1. The summed E-state index contributed by atoms with van der Waals surface area (Å²) in [7, 11) is 0. The van der Waals surface area contributed by atoms with Gasteiger partial charge in [0.05, 0.1) is 5.56 Å². The number of nitrogens with one attached hydrogen (secondary N) is 1. The van der Waals surface area contributed by atoms with Crippen LogP contribution in [-0.4, -0.2) is 24.2 Å². The molecular formula is C16H20FNO2. The zero-order valence-corrected chi connectivity index (χ0v) is 11.7. The molecule has 1 amide bonds. The zero-order chi connectivity index (χ0) is 14.8. The fraction of sp³-hybridized carbons (Fsp3) is 0.438. The van der Waals surface area contributed by atoms with Crippen LogP contribution in [0, 0.1) is 17.7 Å². The number of rotatable bonds is 6. The Morgan fingerprint density at radius 3 is 2.85 bits per heavy atom. The van der Waals surface area contributed by atoms with Crippen LogP contribution >= 0.6 is 0 Å². The smallest absolute Gasteiger partial charge is 0.252 e. The molecule has 0 aliphatic carbocycles. The molecule has 1 aromatic carbocycles. The largest absolute Gasteiger partial charge is 0.384 e. The van der Waals surface area contributed by atoms with Crippen LogP contribution in [0.1, 0.15) is 48.5 Å². The van der Waals surface area contributed by atoms with E-state index >= 15 is 0 Å². The van der Waals surface area contributed by atoms with Gasteiger partial charge in [0.1, 0.15) is 12.4 Å². The Bertz CT molecular complexity index is 503. The minimum Gasteiger partial charge on any atom is -0.384 e. The number of hydrogen-bond acceptors (Lipinski definition) is 2. The molecule has 0 fully saturated rings. The van der Waals surface area contributed by atoms with E-state index in [1.807, 2.05) is 0 Å². The van der Waals surface area contributed by atoms with Gasteiger partial charge in [0.25, 0.3) is 5.91 Å². The number of hydrogen-bond donors (Lipinski definition) is 2. The Hall–Kier alpha value is -1.86. The summed E-state index contributed by atoms with van der Waals surface area (Å²) in [6.45, 7) is 2.40. The van der Waals surface area contributed by atoms with Gasteiger partial charge in [-0.2, -0.15) is 0 Å². The van der Waals surface area contributed by atoms with Crippen molar-refractivity contribution in [3.8, 4) is 11.8 Å². The molecule has 0 aliphatic rings. The van der Waals surface area contributed by atoms with Gasteiger partial charge < -0.3 is 10.4 Å². The van der Waals surface area contributed by atoms with Crippen molar-refractivity contribution in [3.63, 3.8) is 0 Å². The van der Waals surface area contributed by atoms with Gasteiger partial charge in [-0.1, -0.05) is 38.0 Å². The summed E-state index contributed by atoms with van der Waals surface area (Å²) in [4.78, 5) is 12.0. The summed E-state index contributed by atoms with van der Waals surface area (Å²) in [6.07, 6.45) is 4.26. The fourth-order valence-corrected chi connectivity index (χ4v) is 1.80. The molecule has 3 nitrogen and oxygen atoms in total. The van der Waals surface area contributed by atoms with E-state index in [1.54, 1.807) is 0 Å². The molecule has 2 N–H and O–H groups in total.